The first kappa shape index (κ1) is 20.6. The molecule has 4 aromatic rings. The molecule has 4 rings (SSSR count). The van der Waals surface area contributed by atoms with E-state index in [2.05, 4.69) is 15.0 Å². The Kier molecular flexibility index (Phi) is 6.29. The number of para-hydroxylation sites is 1. The van der Waals surface area contributed by atoms with E-state index in [1.54, 1.807) is 30.9 Å². The molecular formula is C24H21ClN4O2. The zero-order valence-electron chi connectivity index (χ0n) is 16.7. The molecule has 2 aromatic heterocycles. The molecule has 2 heterocycles. The average molecular weight is 433 g/mol. The van der Waals surface area contributed by atoms with Crippen LogP contribution in [-0.2, 0) is 12.8 Å². The van der Waals surface area contributed by atoms with E-state index in [-0.39, 0.29) is 18.0 Å². The first-order valence-electron chi connectivity index (χ1n) is 9.83. The van der Waals surface area contributed by atoms with Crippen LogP contribution in [0.5, 0.6) is 5.75 Å². The summed E-state index contributed by atoms with van der Waals surface area (Å²) in [6.45, 7) is 0.468. The van der Waals surface area contributed by atoms with Crippen molar-refractivity contribution in [2.24, 2.45) is 0 Å². The maximum absolute atomic E-state index is 12.5. The molecule has 0 unspecified atom stereocenters. The Balaban J connectivity index is 1.39. The number of benzene rings is 2. The minimum absolute atomic E-state index is 0.0897. The quantitative estimate of drug-likeness (QED) is 0.392. The molecule has 0 aliphatic heterocycles. The molecule has 0 radical (unpaired) electrons. The summed E-state index contributed by atoms with van der Waals surface area (Å²) < 4.78 is 6.00. The van der Waals surface area contributed by atoms with Crippen LogP contribution in [0.4, 0.5) is 5.82 Å². The zero-order valence-corrected chi connectivity index (χ0v) is 17.5. The number of aromatic amines is 1. The summed E-state index contributed by atoms with van der Waals surface area (Å²) in [5.41, 5.74) is 9.86. The number of nitrogens with zero attached hydrogens (tertiary/aromatic N) is 2. The van der Waals surface area contributed by atoms with Crippen LogP contribution in [0.25, 0.3) is 11.3 Å². The van der Waals surface area contributed by atoms with E-state index < -0.39 is 0 Å². The standard InChI is InChI=1S/C24H21ClN4O2/c25-20-12-16(13-22(30)19-5-3-10-28-24(19)26)7-8-17(20)9-11-31-23-6-2-1-4-18(23)21-14-27-15-29-21/h1-8,10,12,14-15H,9,11,13H2,(H2,26,28)(H,27,29). The number of ether oxygens (including phenoxy) is 1. The summed E-state index contributed by atoms with van der Waals surface area (Å²) in [6, 6.07) is 16.8. The molecule has 156 valence electrons. The van der Waals surface area contributed by atoms with Gasteiger partial charge in [0.15, 0.2) is 5.78 Å². The number of hydrogen-bond donors (Lipinski definition) is 2. The van der Waals surface area contributed by atoms with Gasteiger partial charge < -0.3 is 15.5 Å². The summed E-state index contributed by atoms with van der Waals surface area (Å²) in [4.78, 5) is 23.6. The lowest BCUT2D eigenvalue weighted by Gasteiger charge is -2.12. The van der Waals surface area contributed by atoms with E-state index in [1.807, 2.05) is 42.5 Å². The molecule has 0 amide bonds. The van der Waals surface area contributed by atoms with Crippen molar-refractivity contribution >= 4 is 23.2 Å². The molecule has 7 heteroatoms. The second kappa shape index (κ2) is 9.45. The van der Waals surface area contributed by atoms with Gasteiger partial charge in [0, 0.05) is 29.6 Å². The van der Waals surface area contributed by atoms with Crippen molar-refractivity contribution in [2.45, 2.75) is 12.8 Å². The monoisotopic (exact) mass is 432 g/mol. The first-order chi connectivity index (χ1) is 15.1. The van der Waals surface area contributed by atoms with Gasteiger partial charge in [0.2, 0.25) is 0 Å². The number of carbonyl (C=O) groups is 1. The molecule has 0 aliphatic rings. The SMILES string of the molecule is Nc1ncccc1C(=O)Cc1ccc(CCOc2ccccc2-c2cnc[nH]2)c(Cl)c1. The average Bonchev–Trinajstić information content (AvgIpc) is 3.30. The van der Waals surface area contributed by atoms with E-state index >= 15 is 0 Å². The lowest BCUT2D eigenvalue weighted by molar-refractivity contribution is 0.0993. The Morgan fingerprint density at radius 2 is 2.00 bits per heavy atom. The van der Waals surface area contributed by atoms with Crippen LogP contribution in [0, 0.1) is 0 Å². The van der Waals surface area contributed by atoms with Gasteiger partial charge in [-0.25, -0.2) is 9.97 Å². The number of nitrogens with one attached hydrogen (secondary N) is 1. The van der Waals surface area contributed by atoms with Crippen LogP contribution in [0.15, 0.2) is 73.3 Å². The molecular weight excluding hydrogens is 412 g/mol. The molecule has 6 nitrogen and oxygen atoms in total. The van der Waals surface area contributed by atoms with Crippen molar-refractivity contribution in [1.82, 2.24) is 15.0 Å². The molecule has 0 saturated carbocycles. The van der Waals surface area contributed by atoms with Crippen LogP contribution in [0.2, 0.25) is 5.02 Å². The maximum atomic E-state index is 12.5. The van der Waals surface area contributed by atoms with Gasteiger partial charge in [-0.1, -0.05) is 35.9 Å². The zero-order chi connectivity index (χ0) is 21.6. The molecule has 0 bridgehead atoms. The third-order valence-corrected chi connectivity index (χ3v) is 5.28. The van der Waals surface area contributed by atoms with E-state index in [0.29, 0.717) is 23.6 Å². The van der Waals surface area contributed by atoms with Gasteiger partial charge in [-0.05, 0) is 41.5 Å². The van der Waals surface area contributed by atoms with Crippen LogP contribution >= 0.6 is 11.6 Å². The minimum atomic E-state index is -0.0897. The fourth-order valence-corrected chi connectivity index (χ4v) is 3.62. The van der Waals surface area contributed by atoms with Gasteiger partial charge in [-0.3, -0.25) is 4.79 Å². The number of halogens is 1. The highest BCUT2D eigenvalue weighted by molar-refractivity contribution is 6.31. The van der Waals surface area contributed by atoms with Gasteiger partial charge in [0.1, 0.15) is 11.6 Å². The molecule has 0 aliphatic carbocycles. The Morgan fingerprint density at radius 3 is 2.77 bits per heavy atom. The Labute approximate surface area is 185 Å². The fraction of sp³-hybridized carbons (Fsp3) is 0.125. The van der Waals surface area contributed by atoms with Gasteiger partial charge in [0.25, 0.3) is 0 Å². The van der Waals surface area contributed by atoms with Crippen molar-refractivity contribution in [2.75, 3.05) is 12.3 Å². The van der Waals surface area contributed by atoms with E-state index in [1.165, 1.54) is 0 Å². The predicted molar refractivity (Wildman–Crippen MR) is 121 cm³/mol. The minimum Gasteiger partial charge on any atom is -0.493 e. The number of pyridine rings is 1. The Morgan fingerprint density at radius 1 is 1.13 bits per heavy atom. The van der Waals surface area contributed by atoms with Crippen LogP contribution in [-0.4, -0.2) is 27.3 Å². The molecule has 0 atom stereocenters. The van der Waals surface area contributed by atoms with Crippen molar-refractivity contribution in [3.63, 3.8) is 0 Å². The number of carbonyl (C=O) groups excluding carboxylic acids is 1. The summed E-state index contributed by atoms with van der Waals surface area (Å²) in [5, 5.41) is 0.606. The van der Waals surface area contributed by atoms with Crippen molar-refractivity contribution in [3.05, 3.63) is 95.0 Å². The summed E-state index contributed by atoms with van der Waals surface area (Å²) in [6.07, 6.45) is 5.82. The van der Waals surface area contributed by atoms with E-state index in [4.69, 9.17) is 22.1 Å². The van der Waals surface area contributed by atoms with Crippen LogP contribution < -0.4 is 10.5 Å². The number of anilines is 1. The van der Waals surface area contributed by atoms with Crippen molar-refractivity contribution < 1.29 is 9.53 Å². The highest BCUT2D eigenvalue weighted by atomic mass is 35.5. The van der Waals surface area contributed by atoms with E-state index in [9.17, 15) is 4.79 Å². The van der Waals surface area contributed by atoms with Gasteiger partial charge >= 0.3 is 0 Å². The number of nitrogens with two attached hydrogens (primary N) is 1. The number of ketones is 1. The fourth-order valence-electron chi connectivity index (χ4n) is 3.33. The topological polar surface area (TPSA) is 93.9 Å². The molecule has 0 saturated heterocycles. The summed E-state index contributed by atoms with van der Waals surface area (Å²) >= 11 is 6.47. The van der Waals surface area contributed by atoms with Crippen LogP contribution in [0.1, 0.15) is 21.5 Å². The Hall–Kier alpha value is -3.64. The highest BCUT2D eigenvalue weighted by Gasteiger charge is 2.13. The number of rotatable bonds is 8. The third kappa shape index (κ3) is 4.92. The second-order valence-corrected chi connectivity index (χ2v) is 7.43. The normalized spacial score (nSPS) is 10.7. The van der Waals surface area contributed by atoms with Gasteiger partial charge in [0.05, 0.1) is 30.4 Å². The maximum Gasteiger partial charge on any atom is 0.170 e. The second-order valence-electron chi connectivity index (χ2n) is 7.02. The third-order valence-electron chi connectivity index (χ3n) is 4.93. The van der Waals surface area contributed by atoms with Gasteiger partial charge in [-0.15, -0.1) is 0 Å². The summed E-state index contributed by atoms with van der Waals surface area (Å²) in [7, 11) is 0. The number of Topliss-reactive ketones (excluding diaryl/α,β-unsaturated/α-hetero) is 1. The molecule has 2 aromatic carbocycles. The number of aromatic nitrogens is 3. The van der Waals surface area contributed by atoms with Crippen molar-refractivity contribution in [1.29, 1.82) is 0 Å². The smallest absolute Gasteiger partial charge is 0.170 e. The van der Waals surface area contributed by atoms with E-state index in [0.717, 1.165) is 28.1 Å². The lowest BCUT2D eigenvalue weighted by atomic mass is 10.0. The molecule has 0 spiro atoms. The summed E-state index contributed by atoms with van der Waals surface area (Å²) in [5.74, 6) is 0.926. The number of hydrogen-bond acceptors (Lipinski definition) is 5. The number of H-pyrrole nitrogens is 1. The first-order valence-corrected chi connectivity index (χ1v) is 10.2. The predicted octanol–water partition coefficient (Wildman–Crippen LogP) is 4.75. The molecule has 3 N–H and O–H groups in total. The Bertz CT molecular complexity index is 1190. The van der Waals surface area contributed by atoms with Crippen LogP contribution in [0.3, 0.4) is 0 Å². The number of nitrogen functional groups attached to an aromatic ring is 1. The molecule has 31 heavy (non-hydrogen) atoms. The van der Waals surface area contributed by atoms with Crippen molar-refractivity contribution in [3.8, 4) is 17.0 Å². The highest BCUT2D eigenvalue weighted by Crippen LogP contribution is 2.28. The molecule has 0 fully saturated rings. The lowest BCUT2D eigenvalue weighted by Crippen LogP contribution is -2.08. The van der Waals surface area contributed by atoms with Gasteiger partial charge in [-0.2, -0.15) is 0 Å². The largest absolute Gasteiger partial charge is 0.493 e. The number of imidazole rings is 1.